The molecule has 0 aliphatic heterocycles. The number of amides is 2. The first-order valence-corrected chi connectivity index (χ1v) is 6.32. The zero-order valence-electron chi connectivity index (χ0n) is 9.95. The topological polar surface area (TPSA) is 46.3 Å². The lowest BCUT2D eigenvalue weighted by Crippen LogP contribution is -2.43. The van der Waals surface area contributed by atoms with E-state index in [9.17, 15) is 4.79 Å². The highest BCUT2D eigenvalue weighted by Crippen LogP contribution is 2.31. The summed E-state index contributed by atoms with van der Waals surface area (Å²) in [7, 11) is 0. The molecule has 4 heteroatoms. The lowest BCUT2D eigenvalue weighted by Gasteiger charge is -2.28. The lowest BCUT2D eigenvalue weighted by atomic mass is 10.1. The molecule has 1 saturated carbocycles. The van der Waals surface area contributed by atoms with Gasteiger partial charge in [0.25, 0.3) is 0 Å². The van der Waals surface area contributed by atoms with E-state index in [1.807, 2.05) is 25.1 Å². The molecular formula is C13H17ClN2O. The third kappa shape index (κ3) is 2.55. The fourth-order valence-electron chi connectivity index (χ4n) is 2.50. The highest BCUT2D eigenvalue weighted by molar-refractivity contribution is 6.31. The number of halogens is 1. The standard InChI is InChI=1S/C13H17ClN2O/c1-9-6-7-10(14)8-12(9)16(13(15)17)11-4-2-3-5-11/h6-8,11H,2-5H2,1H3,(H2,15,17). The maximum Gasteiger partial charge on any atom is 0.319 e. The molecule has 1 aromatic rings. The molecule has 1 aliphatic rings. The number of anilines is 1. The van der Waals surface area contributed by atoms with Gasteiger partial charge in [0.1, 0.15) is 0 Å². The number of aryl methyl sites for hydroxylation is 1. The van der Waals surface area contributed by atoms with E-state index in [-0.39, 0.29) is 12.1 Å². The summed E-state index contributed by atoms with van der Waals surface area (Å²) in [5, 5.41) is 0.634. The fraction of sp³-hybridized carbons (Fsp3) is 0.462. The predicted molar refractivity (Wildman–Crippen MR) is 70.5 cm³/mol. The van der Waals surface area contributed by atoms with Crippen LogP contribution < -0.4 is 10.6 Å². The number of carbonyl (C=O) groups is 1. The maximum absolute atomic E-state index is 11.7. The molecule has 1 aliphatic carbocycles. The molecule has 3 nitrogen and oxygen atoms in total. The highest BCUT2D eigenvalue weighted by Gasteiger charge is 2.27. The first-order chi connectivity index (χ1) is 8.09. The first kappa shape index (κ1) is 12.2. The van der Waals surface area contributed by atoms with Crippen molar-refractivity contribution in [2.45, 2.75) is 38.6 Å². The number of primary amides is 1. The average molecular weight is 253 g/mol. The molecule has 2 amide bonds. The Morgan fingerprint density at radius 2 is 2.06 bits per heavy atom. The van der Waals surface area contributed by atoms with Gasteiger partial charge in [-0.25, -0.2) is 4.79 Å². The Morgan fingerprint density at radius 3 is 2.65 bits per heavy atom. The summed E-state index contributed by atoms with van der Waals surface area (Å²) in [6.07, 6.45) is 4.37. The summed E-state index contributed by atoms with van der Waals surface area (Å²) in [6, 6.07) is 5.41. The second-order valence-corrected chi connectivity index (χ2v) is 5.01. The van der Waals surface area contributed by atoms with E-state index in [0.717, 1.165) is 36.9 Å². The molecule has 1 aromatic carbocycles. The van der Waals surface area contributed by atoms with E-state index < -0.39 is 0 Å². The van der Waals surface area contributed by atoms with E-state index in [0.29, 0.717) is 5.02 Å². The summed E-state index contributed by atoms with van der Waals surface area (Å²) >= 11 is 5.99. The number of hydrogen-bond donors (Lipinski definition) is 1. The van der Waals surface area contributed by atoms with Crippen molar-refractivity contribution in [2.75, 3.05) is 4.90 Å². The van der Waals surface area contributed by atoms with E-state index in [4.69, 9.17) is 17.3 Å². The summed E-state index contributed by atoms with van der Waals surface area (Å²) in [4.78, 5) is 13.4. The van der Waals surface area contributed by atoms with Crippen LogP contribution in [0.25, 0.3) is 0 Å². The van der Waals surface area contributed by atoms with Gasteiger partial charge < -0.3 is 5.73 Å². The molecule has 0 aromatic heterocycles. The van der Waals surface area contributed by atoms with Crippen LogP contribution in [0.1, 0.15) is 31.2 Å². The van der Waals surface area contributed by atoms with Crippen molar-refractivity contribution < 1.29 is 4.79 Å². The zero-order valence-corrected chi connectivity index (χ0v) is 10.7. The van der Waals surface area contributed by atoms with E-state index in [2.05, 4.69) is 0 Å². The summed E-state index contributed by atoms with van der Waals surface area (Å²) in [6.45, 7) is 1.97. The van der Waals surface area contributed by atoms with Crippen LogP contribution in [0.3, 0.4) is 0 Å². The number of nitrogens with zero attached hydrogens (tertiary/aromatic N) is 1. The molecule has 0 saturated heterocycles. The van der Waals surface area contributed by atoms with E-state index in [1.54, 1.807) is 4.90 Å². The summed E-state index contributed by atoms with van der Waals surface area (Å²) in [5.41, 5.74) is 7.38. The minimum Gasteiger partial charge on any atom is -0.351 e. The van der Waals surface area contributed by atoms with E-state index in [1.165, 1.54) is 0 Å². The number of benzene rings is 1. The van der Waals surface area contributed by atoms with Gasteiger partial charge in [-0.2, -0.15) is 0 Å². The normalized spacial score (nSPS) is 16.1. The van der Waals surface area contributed by atoms with Crippen LogP contribution in [-0.2, 0) is 0 Å². The molecule has 0 radical (unpaired) electrons. The van der Waals surface area contributed by atoms with Gasteiger partial charge in [-0.05, 0) is 37.5 Å². The Morgan fingerprint density at radius 1 is 1.41 bits per heavy atom. The molecule has 0 bridgehead atoms. The monoisotopic (exact) mass is 252 g/mol. The molecule has 2 N–H and O–H groups in total. The van der Waals surface area contributed by atoms with E-state index >= 15 is 0 Å². The Kier molecular flexibility index (Phi) is 3.57. The third-order valence-electron chi connectivity index (χ3n) is 3.36. The molecular weight excluding hydrogens is 236 g/mol. The molecule has 1 fully saturated rings. The zero-order chi connectivity index (χ0) is 12.4. The maximum atomic E-state index is 11.7. The van der Waals surface area contributed by atoms with Crippen LogP contribution >= 0.6 is 11.6 Å². The van der Waals surface area contributed by atoms with Crippen LogP contribution in [-0.4, -0.2) is 12.1 Å². The Balaban J connectivity index is 2.37. The SMILES string of the molecule is Cc1ccc(Cl)cc1N(C(N)=O)C1CCCC1. The largest absolute Gasteiger partial charge is 0.351 e. The summed E-state index contributed by atoms with van der Waals surface area (Å²) < 4.78 is 0. The Labute approximate surface area is 107 Å². The average Bonchev–Trinajstić information content (AvgIpc) is 2.76. The molecule has 0 unspecified atom stereocenters. The van der Waals surface area contributed by atoms with Crippen molar-refractivity contribution in [3.63, 3.8) is 0 Å². The predicted octanol–water partition coefficient (Wildman–Crippen LogP) is 3.48. The van der Waals surface area contributed by atoms with Gasteiger partial charge in [0.05, 0.1) is 5.69 Å². The van der Waals surface area contributed by atoms with Crippen LogP contribution in [0.2, 0.25) is 5.02 Å². The van der Waals surface area contributed by atoms with Crippen LogP contribution in [0.5, 0.6) is 0 Å². The molecule has 17 heavy (non-hydrogen) atoms. The lowest BCUT2D eigenvalue weighted by molar-refractivity contribution is 0.251. The quantitative estimate of drug-likeness (QED) is 0.861. The van der Waals surface area contributed by atoms with Crippen molar-refractivity contribution in [3.05, 3.63) is 28.8 Å². The highest BCUT2D eigenvalue weighted by atomic mass is 35.5. The molecule has 0 heterocycles. The third-order valence-corrected chi connectivity index (χ3v) is 3.59. The van der Waals surface area contributed by atoms with Gasteiger partial charge in [-0.1, -0.05) is 30.5 Å². The number of carbonyl (C=O) groups excluding carboxylic acids is 1. The molecule has 92 valence electrons. The van der Waals surface area contributed by atoms with Crippen molar-refractivity contribution in [1.29, 1.82) is 0 Å². The second-order valence-electron chi connectivity index (χ2n) is 4.58. The number of rotatable bonds is 2. The summed E-state index contributed by atoms with van der Waals surface area (Å²) in [5.74, 6) is 0. The smallest absolute Gasteiger partial charge is 0.319 e. The number of urea groups is 1. The van der Waals surface area contributed by atoms with Crippen LogP contribution in [0.4, 0.5) is 10.5 Å². The minimum absolute atomic E-state index is 0.227. The van der Waals surface area contributed by atoms with Gasteiger partial charge in [0.15, 0.2) is 0 Å². The molecule has 2 rings (SSSR count). The fourth-order valence-corrected chi connectivity index (χ4v) is 2.67. The van der Waals surface area contributed by atoms with Gasteiger partial charge >= 0.3 is 6.03 Å². The van der Waals surface area contributed by atoms with Crippen molar-refractivity contribution in [2.24, 2.45) is 5.73 Å². The van der Waals surface area contributed by atoms with Gasteiger partial charge in [-0.15, -0.1) is 0 Å². The molecule has 0 spiro atoms. The Hall–Kier alpha value is -1.22. The first-order valence-electron chi connectivity index (χ1n) is 5.94. The number of hydrogen-bond acceptors (Lipinski definition) is 1. The van der Waals surface area contributed by atoms with Crippen LogP contribution in [0.15, 0.2) is 18.2 Å². The number of nitrogens with two attached hydrogens (primary N) is 1. The van der Waals surface area contributed by atoms with Gasteiger partial charge in [0, 0.05) is 11.1 Å². The van der Waals surface area contributed by atoms with Gasteiger partial charge in [-0.3, -0.25) is 4.90 Å². The molecule has 0 atom stereocenters. The van der Waals surface area contributed by atoms with Crippen molar-refractivity contribution in [1.82, 2.24) is 0 Å². The second kappa shape index (κ2) is 4.96. The minimum atomic E-state index is -0.387. The van der Waals surface area contributed by atoms with Gasteiger partial charge in [0.2, 0.25) is 0 Å². The van der Waals surface area contributed by atoms with Crippen molar-refractivity contribution >= 4 is 23.3 Å². The van der Waals surface area contributed by atoms with Crippen LogP contribution in [0, 0.1) is 6.92 Å². The van der Waals surface area contributed by atoms with Crippen molar-refractivity contribution in [3.8, 4) is 0 Å². The Bertz CT molecular complexity index is 427.